The highest BCUT2D eigenvalue weighted by atomic mass is 35.5. The van der Waals surface area contributed by atoms with Crippen LogP contribution >= 0.6 is 22.9 Å². The molecule has 2 aromatic heterocycles. The van der Waals surface area contributed by atoms with E-state index in [2.05, 4.69) is 15.4 Å². The quantitative estimate of drug-likeness (QED) is 0.524. The number of methoxy groups -OCH3 is 2. The number of benzene rings is 2. The number of halogens is 1. The molecule has 9 heteroatoms. The first-order valence-electron chi connectivity index (χ1n) is 8.22. The molecule has 0 unspecified atom stereocenters. The summed E-state index contributed by atoms with van der Waals surface area (Å²) in [5.74, 6) is 0.960. The Morgan fingerprint density at radius 3 is 2.82 bits per heavy atom. The van der Waals surface area contributed by atoms with Crippen LogP contribution in [0.1, 0.15) is 10.4 Å². The van der Waals surface area contributed by atoms with Gasteiger partial charge in [0.25, 0.3) is 11.9 Å². The average molecular weight is 415 g/mol. The second-order valence-electron chi connectivity index (χ2n) is 5.78. The van der Waals surface area contributed by atoms with Gasteiger partial charge in [-0.05, 0) is 30.3 Å². The molecule has 2 aromatic carbocycles. The van der Waals surface area contributed by atoms with Crippen molar-refractivity contribution in [3.05, 3.63) is 58.4 Å². The standard InChI is InChI=1S/C19H15ClN4O3S/c1-26-13-5-3-4-11(8-13)15-10-28-19-22-18(23-24(15)19)21-17(25)14-9-12(20)6-7-16(14)27-2/h3-10H,1-2H3,(H,21,23,25). The molecule has 0 aliphatic carbocycles. The second kappa shape index (κ2) is 7.49. The summed E-state index contributed by atoms with van der Waals surface area (Å²) in [5, 5.41) is 9.50. The predicted octanol–water partition coefficient (Wildman–Crippen LogP) is 4.38. The molecule has 0 spiro atoms. The number of nitrogens with one attached hydrogen (secondary N) is 1. The van der Waals surface area contributed by atoms with Gasteiger partial charge in [-0.2, -0.15) is 4.98 Å². The lowest BCUT2D eigenvalue weighted by molar-refractivity contribution is 0.102. The van der Waals surface area contributed by atoms with Crippen molar-refractivity contribution < 1.29 is 14.3 Å². The summed E-state index contributed by atoms with van der Waals surface area (Å²) in [5.41, 5.74) is 2.10. The van der Waals surface area contributed by atoms with Gasteiger partial charge in [-0.1, -0.05) is 23.7 Å². The first-order chi connectivity index (χ1) is 13.6. The molecule has 0 fully saturated rings. The molecule has 142 valence electrons. The first kappa shape index (κ1) is 18.3. The van der Waals surface area contributed by atoms with E-state index in [0.717, 1.165) is 17.0 Å². The van der Waals surface area contributed by atoms with Gasteiger partial charge in [0.05, 0.1) is 25.5 Å². The van der Waals surface area contributed by atoms with E-state index in [-0.39, 0.29) is 5.95 Å². The third-order valence-electron chi connectivity index (χ3n) is 4.08. The van der Waals surface area contributed by atoms with E-state index in [4.69, 9.17) is 21.1 Å². The summed E-state index contributed by atoms with van der Waals surface area (Å²) < 4.78 is 12.2. The maximum atomic E-state index is 12.6. The van der Waals surface area contributed by atoms with Crippen LogP contribution in [0.2, 0.25) is 5.02 Å². The van der Waals surface area contributed by atoms with E-state index >= 15 is 0 Å². The minimum absolute atomic E-state index is 0.197. The Balaban J connectivity index is 1.65. The van der Waals surface area contributed by atoms with E-state index in [1.165, 1.54) is 24.5 Å². The van der Waals surface area contributed by atoms with Crippen molar-refractivity contribution in [2.75, 3.05) is 19.5 Å². The van der Waals surface area contributed by atoms with Crippen LogP contribution in [0, 0.1) is 0 Å². The normalized spacial score (nSPS) is 10.8. The number of nitrogens with zero attached hydrogens (tertiary/aromatic N) is 3. The van der Waals surface area contributed by atoms with Gasteiger partial charge in [0, 0.05) is 16.0 Å². The van der Waals surface area contributed by atoms with Gasteiger partial charge < -0.3 is 9.47 Å². The molecule has 0 saturated heterocycles. The van der Waals surface area contributed by atoms with Crippen LogP contribution in [-0.4, -0.2) is 34.7 Å². The molecule has 0 saturated carbocycles. The summed E-state index contributed by atoms with van der Waals surface area (Å²) in [6.07, 6.45) is 0. The van der Waals surface area contributed by atoms with Crippen LogP contribution in [0.15, 0.2) is 47.8 Å². The highest BCUT2D eigenvalue weighted by Gasteiger charge is 2.17. The van der Waals surface area contributed by atoms with Crippen LogP contribution < -0.4 is 14.8 Å². The number of hydrogen-bond acceptors (Lipinski definition) is 6. The number of amides is 1. The third-order valence-corrected chi connectivity index (χ3v) is 5.13. The Labute approximate surface area is 169 Å². The zero-order valence-electron chi connectivity index (χ0n) is 15.0. The van der Waals surface area contributed by atoms with E-state index in [1.807, 2.05) is 29.6 Å². The number of hydrogen-bond donors (Lipinski definition) is 1. The van der Waals surface area contributed by atoms with Crippen molar-refractivity contribution in [3.8, 4) is 22.8 Å². The maximum absolute atomic E-state index is 12.6. The van der Waals surface area contributed by atoms with Gasteiger partial charge in [0.2, 0.25) is 4.96 Å². The van der Waals surface area contributed by atoms with Crippen molar-refractivity contribution in [2.45, 2.75) is 0 Å². The van der Waals surface area contributed by atoms with Crippen LogP contribution in [0.4, 0.5) is 5.95 Å². The highest BCUT2D eigenvalue weighted by Crippen LogP contribution is 2.29. The molecule has 2 heterocycles. The summed E-state index contributed by atoms with van der Waals surface area (Å²) in [6, 6.07) is 12.5. The largest absolute Gasteiger partial charge is 0.497 e. The van der Waals surface area contributed by atoms with Crippen molar-refractivity contribution in [1.29, 1.82) is 0 Å². The predicted molar refractivity (Wildman–Crippen MR) is 109 cm³/mol. The number of ether oxygens (including phenoxy) is 2. The zero-order valence-corrected chi connectivity index (χ0v) is 16.5. The van der Waals surface area contributed by atoms with Crippen molar-refractivity contribution >= 4 is 39.8 Å². The number of aromatic nitrogens is 3. The number of carbonyl (C=O) groups is 1. The topological polar surface area (TPSA) is 77.8 Å². The Bertz CT molecular complexity index is 1170. The number of carbonyl (C=O) groups excluding carboxylic acids is 1. The molecule has 4 aromatic rings. The van der Waals surface area contributed by atoms with E-state index < -0.39 is 5.91 Å². The number of thiazole rings is 1. The van der Waals surface area contributed by atoms with Crippen molar-refractivity contribution in [3.63, 3.8) is 0 Å². The molecule has 0 radical (unpaired) electrons. The van der Waals surface area contributed by atoms with Crippen LogP contribution in [0.5, 0.6) is 11.5 Å². The lowest BCUT2D eigenvalue weighted by Gasteiger charge is -2.07. The van der Waals surface area contributed by atoms with Crippen LogP contribution in [0.25, 0.3) is 16.2 Å². The smallest absolute Gasteiger partial charge is 0.261 e. The monoisotopic (exact) mass is 414 g/mol. The third kappa shape index (κ3) is 3.39. The Kier molecular flexibility index (Phi) is 4.89. The Morgan fingerprint density at radius 2 is 2.04 bits per heavy atom. The molecule has 4 rings (SSSR count). The zero-order chi connectivity index (χ0) is 19.7. The minimum Gasteiger partial charge on any atom is -0.497 e. The van der Waals surface area contributed by atoms with Crippen LogP contribution in [0.3, 0.4) is 0 Å². The van der Waals surface area contributed by atoms with Crippen molar-refractivity contribution in [1.82, 2.24) is 14.6 Å². The van der Waals surface area contributed by atoms with Gasteiger partial charge in [-0.3, -0.25) is 10.1 Å². The van der Waals surface area contributed by atoms with Crippen LogP contribution in [-0.2, 0) is 0 Å². The molecule has 28 heavy (non-hydrogen) atoms. The van der Waals surface area contributed by atoms with Gasteiger partial charge in [0.15, 0.2) is 0 Å². The molecular weight excluding hydrogens is 400 g/mol. The van der Waals surface area contributed by atoms with E-state index in [9.17, 15) is 4.79 Å². The highest BCUT2D eigenvalue weighted by molar-refractivity contribution is 7.15. The molecule has 0 bridgehead atoms. The van der Waals surface area contributed by atoms with E-state index in [1.54, 1.807) is 23.8 Å². The molecule has 7 nitrogen and oxygen atoms in total. The van der Waals surface area contributed by atoms with Gasteiger partial charge in [0.1, 0.15) is 11.5 Å². The number of rotatable bonds is 5. The van der Waals surface area contributed by atoms with Gasteiger partial charge >= 0.3 is 0 Å². The summed E-state index contributed by atoms with van der Waals surface area (Å²) in [7, 11) is 3.11. The molecule has 1 amide bonds. The van der Waals surface area contributed by atoms with Gasteiger partial charge in [-0.25, -0.2) is 4.52 Å². The molecule has 1 N–H and O–H groups in total. The van der Waals surface area contributed by atoms with E-state index in [0.29, 0.717) is 21.3 Å². The van der Waals surface area contributed by atoms with Crippen molar-refractivity contribution in [2.24, 2.45) is 0 Å². The maximum Gasteiger partial charge on any atom is 0.261 e. The summed E-state index contributed by atoms with van der Waals surface area (Å²) in [4.78, 5) is 17.7. The Hall–Kier alpha value is -3.10. The summed E-state index contributed by atoms with van der Waals surface area (Å²) in [6.45, 7) is 0. The average Bonchev–Trinajstić information content (AvgIpc) is 3.28. The SMILES string of the molecule is COc1cccc(-c2csc3nc(NC(=O)c4cc(Cl)ccc4OC)nn23)c1. The molecule has 0 atom stereocenters. The molecular formula is C19H15ClN4O3S. The Morgan fingerprint density at radius 1 is 1.18 bits per heavy atom. The van der Waals surface area contributed by atoms with Gasteiger partial charge in [-0.15, -0.1) is 16.4 Å². The fraction of sp³-hybridized carbons (Fsp3) is 0.105. The lowest BCUT2D eigenvalue weighted by Crippen LogP contribution is -2.14. The fourth-order valence-electron chi connectivity index (χ4n) is 2.74. The number of fused-ring (bicyclic) bond motifs is 1. The minimum atomic E-state index is -0.402. The lowest BCUT2D eigenvalue weighted by atomic mass is 10.2. The molecule has 0 aliphatic heterocycles. The first-order valence-corrected chi connectivity index (χ1v) is 9.48. The second-order valence-corrected chi connectivity index (χ2v) is 7.05. The summed E-state index contributed by atoms with van der Waals surface area (Å²) >= 11 is 7.43. The number of anilines is 1. The molecule has 0 aliphatic rings. The fourth-order valence-corrected chi connectivity index (χ4v) is 3.74.